The number of para-hydroxylation sites is 3. The summed E-state index contributed by atoms with van der Waals surface area (Å²) in [5.41, 5.74) is 9.83. The number of thiophene rings is 1. The van der Waals surface area contributed by atoms with Gasteiger partial charge in [0.2, 0.25) is 0 Å². The van der Waals surface area contributed by atoms with E-state index in [-0.39, 0.29) is 0 Å². The van der Waals surface area contributed by atoms with Gasteiger partial charge >= 0.3 is 0 Å². The van der Waals surface area contributed by atoms with Crippen molar-refractivity contribution in [3.63, 3.8) is 0 Å². The number of rotatable bonds is 5. The Morgan fingerprint density at radius 2 is 1.04 bits per heavy atom. The van der Waals surface area contributed by atoms with Gasteiger partial charge in [-0.2, -0.15) is 0 Å². The Labute approximate surface area is 269 Å². The predicted octanol–water partition coefficient (Wildman–Crippen LogP) is 10.9. The average Bonchev–Trinajstić information content (AvgIpc) is 3.72. The summed E-state index contributed by atoms with van der Waals surface area (Å²) in [7, 11) is 0. The zero-order chi connectivity index (χ0) is 30.5. The van der Waals surface area contributed by atoms with E-state index >= 15 is 0 Å². The standard InChI is InChI=1S/C41H26N4S/c1-3-11-27(12-4-1)28-21-23-29(24-22-28)32-15-9-16-33-34-17-10-18-35(39(34)46-38(32)33)40-42-25-30(26-43-40)41-44-36-19-7-8-20-37(36)45(41)31-13-5-2-6-14-31/h1-26H. The molecule has 0 amide bonds. The number of aromatic nitrogens is 4. The van der Waals surface area contributed by atoms with Gasteiger partial charge in [-0.1, -0.05) is 115 Å². The molecule has 5 heteroatoms. The van der Waals surface area contributed by atoms with Gasteiger partial charge in [0, 0.05) is 43.8 Å². The molecule has 3 aromatic heterocycles. The van der Waals surface area contributed by atoms with Crippen molar-refractivity contribution in [1.29, 1.82) is 0 Å². The van der Waals surface area contributed by atoms with E-state index in [9.17, 15) is 0 Å². The molecule has 9 aromatic rings. The highest BCUT2D eigenvalue weighted by molar-refractivity contribution is 7.26. The summed E-state index contributed by atoms with van der Waals surface area (Å²) in [5, 5.41) is 2.47. The molecule has 216 valence electrons. The van der Waals surface area contributed by atoms with Crippen LogP contribution in [-0.2, 0) is 0 Å². The van der Waals surface area contributed by atoms with Crippen molar-refractivity contribution < 1.29 is 0 Å². The molecule has 0 aliphatic carbocycles. The number of hydrogen-bond acceptors (Lipinski definition) is 4. The van der Waals surface area contributed by atoms with Gasteiger partial charge in [0.25, 0.3) is 0 Å². The minimum absolute atomic E-state index is 0.706. The van der Waals surface area contributed by atoms with Crippen molar-refractivity contribution >= 4 is 42.5 Å². The van der Waals surface area contributed by atoms with Crippen LogP contribution in [0.3, 0.4) is 0 Å². The molecule has 4 nitrogen and oxygen atoms in total. The number of hydrogen-bond donors (Lipinski definition) is 0. The second kappa shape index (κ2) is 10.9. The Morgan fingerprint density at radius 1 is 0.457 bits per heavy atom. The van der Waals surface area contributed by atoms with Crippen LogP contribution in [0, 0.1) is 0 Å². The molecule has 0 aliphatic heterocycles. The van der Waals surface area contributed by atoms with Crippen LogP contribution in [0.5, 0.6) is 0 Å². The van der Waals surface area contributed by atoms with Crippen molar-refractivity contribution in [2.24, 2.45) is 0 Å². The Hall–Kier alpha value is -5.91. The first-order valence-corrected chi connectivity index (χ1v) is 16.1. The van der Waals surface area contributed by atoms with Crippen molar-refractivity contribution in [1.82, 2.24) is 19.5 Å². The molecule has 0 saturated carbocycles. The van der Waals surface area contributed by atoms with Gasteiger partial charge < -0.3 is 0 Å². The van der Waals surface area contributed by atoms with E-state index in [2.05, 4.69) is 114 Å². The summed E-state index contributed by atoms with van der Waals surface area (Å²) in [5.74, 6) is 1.53. The maximum absolute atomic E-state index is 4.99. The SMILES string of the molecule is c1ccc(-c2ccc(-c3cccc4c3sc3c(-c5ncc(-c6nc7ccccc7n6-c6ccccc6)cn5)cccc34)cc2)cc1. The van der Waals surface area contributed by atoms with Gasteiger partial charge in [0.05, 0.1) is 16.6 Å². The fourth-order valence-corrected chi connectivity index (χ4v) is 7.68. The van der Waals surface area contributed by atoms with E-state index in [1.165, 1.54) is 42.4 Å². The second-order valence-corrected chi connectivity index (χ2v) is 12.3. The van der Waals surface area contributed by atoms with Crippen molar-refractivity contribution in [3.05, 3.63) is 158 Å². The van der Waals surface area contributed by atoms with Crippen LogP contribution in [0.2, 0.25) is 0 Å². The van der Waals surface area contributed by atoms with Crippen LogP contribution < -0.4 is 0 Å². The number of nitrogens with zero attached hydrogens (tertiary/aromatic N) is 4. The molecule has 0 unspecified atom stereocenters. The highest BCUT2D eigenvalue weighted by atomic mass is 32.1. The zero-order valence-corrected chi connectivity index (χ0v) is 25.5. The lowest BCUT2D eigenvalue weighted by molar-refractivity contribution is 1.08. The molecule has 46 heavy (non-hydrogen) atoms. The highest BCUT2D eigenvalue weighted by Gasteiger charge is 2.18. The molecule has 0 saturated heterocycles. The lowest BCUT2D eigenvalue weighted by Gasteiger charge is -2.09. The normalized spacial score (nSPS) is 11.5. The third-order valence-corrected chi connectivity index (χ3v) is 9.84. The van der Waals surface area contributed by atoms with Gasteiger partial charge in [-0.25, -0.2) is 15.0 Å². The largest absolute Gasteiger partial charge is 0.292 e. The van der Waals surface area contributed by atoms with Crippen LogP contribution in [0.4, 0.5) is 0 Å². The summed E-state index contributed by atoms with van der Waals surface area (Å²) in [6.07, 6.45) is 3.80. The molecule has 3 heterocycles. The fourth-order valence-electron chi connectivity index (χ4n) is 6.34. The number of fused-ring (bicyclic) bond motifs is 4. The van der Waals surface area contributed by atoms with E-state index in [1.54, 1.807) is 0 Å². The quantitative estimate of drug-likeness (QED) is 0.196. The highest BCUT2D eigenvalue weighted by Crippen LogP contribution is 2.43. The van der Waals surface area contributed by atoms with E-state index in [4.69, 9.17) is 15.0 Å². The van der Waals surface area contributed by atoms with Gasteiger partial charge in [0.15, 0.2) is 5.82 Å². The Bertz CT molecular complexity index is 2500. The predicted molar refractivity (Wildman–Crippen MR) is 191 cm³/mol. The Balaban J connectivity index is 1.12. The summed E-state index contributed by atoms with van der Waals surface area (Å²) in [4.78, 5) is 14.8. The summed E-state index contributed by atoms with van der Waals surface area (Å²) in [6, 6.07) is 51.0. The number of benzene rings is 6. The molecule has 0 radical (unpaired) electrons. The second-order valence-electron chi connectivity index (χ2n) is 11.3. The van der Waals surface area contributed by atoms with Crippen LogP contribution in [-0.4, -0.2) is 19.5 Å². The van der Waals surface area contributed by atoms with Crippen LogP contribution >= 0.6 is 11.3 Å². The third-order valence-electron chi connectivity index (χ3n) is 8.55. The molecule has 9 rings (SSSR count). The summed E-state index contributed by atoms with van der Waals surface area (Å²) >= 11 is 1.81. The molecule has 0 bridgehead atoms. The lowest BCUT2D eigenvalue weighted by atomic mass is 9.99. The maximum Gasteiger partial charge on any atom is 0.160 e. The Morgan fingerprint density at radius 3 is 1.78 bits per heavy atom. The molecule has 6 aromatic carbocycles. The molecule has 0 fully saturated rings. The fraction of sp³-hybridized carbons (Fsp3) is 0. The summed E-state index contributed by atoms with van der Waals surface area (Å²) in [6.45, 7) is 0. The van der Waals surface area contributed by atoms with E-state index in [1.807, 2.05) is 60.1 Å². The van der Waals surface area contributed by atoms with E-state index < -0.39 is 0 Å². The first kappa shape index (κ1) is 26.5. The summed E-state index contributed by atoms with van der Waals surface area (Å²) < 4.78 is 4.63. The monoisotopic (exact) mass is 606 g/mol. The van der Waals surface area contributed by atoms with Gasteiger partial charge in [0.1, 0.15) is 5.82 Å². The first-order valence-electron chi connectivity index (χ1n) is 15.3. The lowest BCUT2D eigenvalue weighted by Crippen LogP contribution is -1.98. The van der Waals surface area contributed by atoms with Crippen molar-refractivity contribution in [3.8, 4) is 50.7 Å². The molecular formula is C41H26N4S. The third kappa shape index (κ3) is 4.40. The van der Waals surface area contributed by atoms with Crippen LogP contribution in [0.1, 0.15) is 0 Å². The minimum Gasteiger partial charge on any atom is -0.292 e. The van der Waals surface area contributed by atoms with E-state index in [0.29, 0.717) is 5.82 Å². The van der Waals surface area contributed by atoms with E-state index in [0.717, 1.165) is 33.7 Å². The first-order chi connectivity index (χ1) is 22.8. The van der Waals surface area contributed by atoms with Gasteiger partial charge in [-0.15, -0.1) is 11.3 Å². The number of imidazole rings is 1. The molecule has 0 spiro atoms. The topological polar surface area (TPSA) is 43.6 Å². The zero-order valence-electron chi connectivity index (χ0n) is 24.7. The minimum atomic E-state index is 0.706. The molecule has 0 atom stereocenters. The van der Waals surface area contributed by atoms with Gasteiger partial charge in [-0.3, -0.25) is 4.57 Å². The smallest absolute Gasteiger partial charge is 0.160 e. The average molecular weight is 607 g/mol. The molecule has 0 aliphatic rings. The van der Waals surface area contributed by atoms with Crippen LogP contribution in [0.25, 0.3) is 81.9 Å². The van der Waals surface area contributed by atoms with Gasteiger partial charge in [-0.05, 0) is 52.6 Å². The van der Waals surface area contributed by atoms with Crippen LogP contribution in [0.15, 0.2) is 158 Å². The van der Waals surface area contributed by atoms with Crippen molar-refractivity contribution in [2.45, 2.75) is 0 Å². The molecular weight excluding hydrogens is 581 g/mol. The molecule has 0 N–H and O–H groups in total. The maximum atomic E-state index is 4.99. The van der Waals surface area contributed by atoms with Crippen molar-refractivity contribution in [2.75, 3.05) is 0 Å². The Kier molecular flexibility index (Phi) is 6.28.